The molecule has 0 aliphatic rings. The van der Waals surface area contributed by atoms with E-state index in [4.69, 9.17) is 11.6 Å². The topological polar surface area (TPSA) is 43.1 Å². The molecule has 0 fully saturated rings. The van der Waals surface area contributed by atoms with Gasteiger partial charge in [0.1, 0.15) is 0 Å². The highest BCUT2D eigenvalue weighted by molar-refractivity contribution is 7.08. The molecule has 3 aromatic heterocycles. The molecule has 92 valence electrons. The maximum absolute atomic E-state index is 6.12. The SMILES string of the molecule is Cc1cscc1-c1nnc2c(Cl)nc(C)c(C)n12. The summed E-state index contributed by atoms with van der Waals surface area (Å²) in [7, 11) is 0. The number of aromatic nitrogens is 4. The van der Waals surface area contributed by atoms with Gasteiger partial charge in [0.2, 0.25) is 0 Å². The quantitative estimate of drug-likeness (QED) is 0.685. The molecule has 0 aromatic carbocycles. The fourth-order valence-corrected chi connectivity index (χ4v) is 3.02. The normalized spacial score (nSPS) is 11.3. The Morgan fingerprint density at radius 2 is 1.94 bits per heavy atom. The van der Waals surface area contributed by atoms with E-state index in [0.29, 0.717) is 10.8 Å². The summed E-state index contributed by atoms with van der Waals surface area (Å²) in [5.74, 6) is 0.827. The van der Waals surface area contributed by atoms with Crippen molar-refractivity contribution in [2.24, 2.45) is 0 Å². The first kappa shape index (κ1) is 11.6. The van der Waals surface area contributed by atoms with Gasteiger partial charge in [0.05, 0.1) is 5.69 Å². The highest BCUT2D eigenvalue weighted by Gasteiger charge is 2.16. The van der Waals surface area contributed by atoms with Crippen molar-refractivity contribution in [2.45, 2.75) is 20.8 Å². The molecule has 0 unspecified atom stereocenters. The van der Waals surface area contributed by atoms with Crippen LogP contribution < -0.4 is 0 Å². The molecule has 3 rings (SSSR count). The number of halogens is 1. The number of thiophene rings is 1. The van der Waals surface area contributed by atoms with Crippen molar-refractivity contribution in [3.63, 3.8) is 0 Å². The van der Waals surface area contributed by atoms with Crippen LogP contribution in [0.15, 0.2) is 10.8 Å². The summed E-state index contributed by atoms with van der Waals surface area (Å²) in [5, 5.41) is 13.0. The molecular formula is C12H11ClN4S. The van der Waals surface area contributed by atoms with E-state index in [1.807, 2.05) is 18.2 Å². The average molecular weight is 279 g/mol. The number of nitrogens with zero attached hydrogens (tertiary/aromatic N) is 4. The van der Waals surface area contributed by atoms with Gasteiger partial charge < -0.3 is 0 Å². The van der Waals surface area contributed by atoms with Crippen LogP contribution in [0.5, 0.6) is 0 Å². The molecule has 0 saturated heterocycles. The zero-order valence-electron chi connectivity index (χ0n) is 10.2. The zero-order chi connectivity index (χ0) is 12.9. The van der Waals surface area contributed by atoms with E-state index in [9.17, 15) is 0 Å². The smallest absolute Gasteiger partial charge is 0.199 e. The molecule has 4 nitrogen and oxygen atoms in total. The Hall–Kier alpha value is -1.46. The van der Waals surface area contributed by atoms with Gasteiger partial charge in [0.25, 0.3) is 0 Å². The molecular weight excluding hydrogens is 268 g/mol. The lowest BCUT2D eigenvalue weighted by Gasteiger charge is -2.06. The number of hydrogen-bond donors (Lipinski definition) is 0. The number of rotatable bonds is 1. The number of hydrogen-bond acceptors (Lipinski definition) is 4. The van der Waals surface area contributed by atoms with Gasteiger partial charge in [-0.25, -0.2) is 4.98 Å². The minimum Gasteiger partial charge on any atom is -0.275 e. The van der Waals surface area contributed by atoms with E-state index < -0.39 is 0 Å². The second-order valence-corrected chi connectivity index (χ2v) is 5.33. The molecule has 0 saturated carbocycles. The van der Waals surface area contributed by atoms with Gasteiger partial charge in [0.15, 0.2) is 16.6 Å². The van der Waals surface area contributed by atoms with Crippen molar-refractivity contribution >= 4 is 28.6 Å². The van der Waals surface area contributed by atoms with E-state index in [1.165, 1.54) is 5.56 Å². The Morgan fingerprint density at radius 1 is 1.17 bits per heavy atom. The Labute approximate surface area is 113 Å². The molecule has 0 bridgehead atoms. The summed E-state index contributed by atoms with van der Waals surface area (Å²) in [6.07, 6.45) is 0. The molecule has 18 heavy (non-hydrogen) atoms. The van der Waals surface area contributed by atoms with Gasteiger partial charge in [-0.15, -0.1) is 10.2 Å². The predicted octanol–water partition coefficient (Wildman–Crippen LogP) is 3.43. The zero-order valence-corrected chi connectivity index (χ0v) is 11.8. The summed E-state index contributed by atoms with van der Waals surface area (Å²) in [5.41, 5.74) is 4.80. The molecule has 6 heteroatoms. The van der Waals surface area contributed by atoms with Gasteiger partial charge in [0, 0.05) is 16.6 Å². The Kier molecular flexibility index (Phi) is 2.60. The first-order chi connectivity index (χ1) is 8.59. The van der Waals surface area contributed by atoms with Gasteiger partial charge in [-0.1, -0.05) is 11.6 Å². The first-order valence-corrected chi connectivity index (χ1v) is 6.82. The highest BCUT2D eigenvalue weighted by Crippen LogP contribution is 2.28. The van der Waals surface area contributed by atoms with Gasteiger partial charge in [-0.2, -0.15) is 11.3 Å². The van der Waals surface area contributed by atoms with Crippen LogP contribution >= 0.6 is 22.9 Å². The molecule has 0 spiro atoms. The lowest BCUT2D eigenvalue weighted by molar-refractivity contribution is 0.999. The van der Waals surface area contributed by atoms with Crippen molar-refractivity contribution in [1.82, 2.24) is 19.6 Å². The van der Waals surface area contributed by atoms with Crippen molar-refractivity contribution in [3.05, 3.63) is 32.9 Å². The molecule has 0 N–H and O–H groups in total. The summed E-state index contributed by atoms with van der Waals surface area (Å²) in [6.45, 7) is 6.00. The van der Waals surface area contributed by atoms with Crippen LogP contribution in [0.4, 0.5) is 0 Å². The van der Waals surface area contributed by atoms with Crippen LogP contribution in [0.3, 0.4) is 0 Å². The molecule has 0 radical (unpaired) electrons. The van der Waals surface area contributed by atoms with Crippen LogP contribution in [-0.2, 0) is 0 Å². The van der Waals surface area contributed by atoms with Gasteiger partial charge >= 0.3 is 0 Å². The monoisotopic (exact) mass is 278 g/mol. The highest BCUT2D eigenvalue weighted by atomic mass is 35.5. The van der Waals surface area contributed by atoms with Crippen LogP contribution in [-0.4, -0.2) is 19.6 Å². The third-order valence-corrected chi connectivity index (χ3v) is 4.18. The molecule has 0 atom stereocenters. The standard InChI is InChI=1S/C12H11ClN4S/c1-6-4-18-5-9(6)11-15-16-12-10(13)14-7(2)8(3)17(11)12/h4-5H,1-3H3. The number of fused-ring (bicyclic) bond motifs is 1. The Balaban J connectivity index is 2.42. The maximum atomic E-state index is 6.12. The van der Waals surface area contributed by atoms with E-state index in [0.717, 1.165) is 22.8 Å². The molecule has 0 amide bonds. The summed E-state index contributed by atoms with van der Waals surface area (Å²) >= 11 is 7.77. The maximum Gasteiger partial charge on any atom is 0.199 e. The first-order valence-electron chi connectivity index (χ1n) is 5.50. The lowest BCUT2D eigenvalue weighted by Crippen LogP contribution is -2.00. The number of aryl methyl sites for hydroxylation is 3. The largest absolute Gasteiger partial charge is 0.275 e. The predicted molar refractivity (Wildman–Crippen MR) is 73.3 cm³/mol. The van der Waals surface area contributed by atoms with E-state index in [1.54, 1.807) is 11.3 Å². The molecule has 0 aliphatic carbocycles. The third-order valence-electron chi connectivity index (χ3n) is 3.07. The molecule has 0 aliphatic heterocycles. The van der Waals surface area contributed by atoms with Crippen LogP contribution in [0, 0.1) is 20.8 Å². The van der Waals surface area contributed by atoms with Crippen molar-refractivity contribution in [2.75, 3.05) is 0 Å². The second-order valence-electron chi connectivity index (χ2n) is 4.22. The van der Waals surface area contributed by atoms with E-state index in [2.05, 4.69) is 32.9 Å². The average Bonchev–Trinajstić information content (AvgIpc) is 2.91. The van der Waals surface area contributed by atoms with E-state index >= 15 is 0 Å². The fraction of sp³-hybridized carbons (Fsp3) is 0.250. The Morgan fingerprint density at radius 3 is 2.61 bits per heavy atom. The van der Waals surface area contributed by atoms with Crippen LogP contribution in [0.25, 0.3) is 17.0 Å². The lowest BCUT2D eigenvalue weighted by atomic mass is 10.2. The van der Waals surface area contributed by atoms with Gasteiger partial charge in [-0.3, -0.25) is 4.40 Å². The van der Waals surface area contributed by atoms with Crippen molar-refractivity contribution < 1.29 is 0 Å². The van der Waals surface area contributed by atoms with Crippen LogP contribution in [0.1, 0.15) is 17.0 Å². The summed E-state index contributed by atoms with van der Waals surface area (Å²) in [6, 6.07) is 0. The van der Waals surface area contributed by atoms with Crippen LogP contribution in [0.2, 0.25) is 5.15 Å². The van der Waals surface area contributed by atoms with Gasteiger partial charge in [-0.05, 0) is 31.7 Å². The van der Waals surface area contributed by atoms with Crippen molar-refractivity contribution in [1.29, 1.82) is 0 Å². The molecule has 3 aromatic rings. The fourth-order valence-electron chi connectivity index (χ4n) is 1.94. The summed E-state index contributed by atoms with van der Waals surface area (Å²) < 4.78 is 1.97. The van der Waals surface area contributed by atoms with Crippen molar-refractivity contribution in [3.8, 4) is 11.4 Å². The summed E-state index contributed by atoms with van der Waals surface area (Å²) in [4.78, 5) is 4.26. The second kappa shape index (κ2) is 4.03. The third kappa shape index (κ3) is 1.54. The minimum atomic E-state index is 0.393. The van der Waals surface area contributed by atoms with E-state index in [-0.39, 0.29) is 0 Å². The minimum absolute atomic E-state index is 0.393. The Bertz CT molecular complexity index is 744. The molecule has 3 heterocycles.